The first-order valence-electron chi connectivity index (χ1n) is 11.6. The highest BCUT2D eigenvalue weighted by Gasteiger charge is 2.04. The number of aryl methyl sites for hydroxylation is 1. The second-order valence-corrected chi connectivity index (χ2v) is 8.69. The third kappa shape index (κ3) is 9.05. The van der Waals surface area contributed by atoms with E-state index in [1.54, 1.807) is 12.5 Å². The van der Waals surface area contributed by atoms with Gasteiger partial charge in [-0.3, -0.25) is 0 Å². The Kier molecular flexibility index (Phi) is 10.7. The average molecular weight is 480 g/mol. The highest BCUT2D eigenvalue weighted by atomic mass is 31.0. The van der Waals surface area contributed by atoms with Crippen LogP contribution in [-0.2, 0) is 13.0 Å². The predicted molar refractivity (Wildman–Crippen MR) is 142 cm³/mol. The van der Waals surface area contributed by atoms with Crippen molar-refractivity contribution in [2.45, 2.75) is 32.3 Å². The maximum absolute atomic E-state index is 8.99. The molecule has 7 heteroatoms. The lowest BCUT2D eigenvalue weighted by Crippen LogP contribution is -2.21. The number of nitrogens with two attached hydrogens (primary N) is 1. The van der Waals surface area contributed by atoms with Crippen LogP contribution in [0.2, 0.25) is 0 Å². The highest BCUT2D eigenvalue weighted by molar-refractivity contribution is 7.27. The summed E-state index contributed by atoms with van der Waals surface area (Å²) in [5.41, 5.74) is 8.63. The molecule has 3 N–H and O–H groups in total. The molecular formula is C27H34N3O3P. The third-order valence-corrected chi connectivity index (χ3v) is 5.68. The predicted octanol–water partition coefficient (Wildman–Crippen LogP) is 4.36. The van der Waals surface area contributed by atoms with E-state index in [9.17, 15) is 0 Å². The lowest BCUT2D eigenvalue weighted by Gasteiger charge is -2.19. The van der Waals surface area contributed by atoms with Gasteiger partial charge in [0, 0.05) is 38.2 Å². The summed E-state index contributed by atoms with van der Waals surface area (Å²) in [5.74, 6) is 1.37. The van der Waals surface area contributed by atoms with Gasteiger partial charge in [-0.2, -0.15) is 0 Å². The van der Waals surface area contributed by atoms with Gasteiger partial charge in [-0.05, 0) is 60.3 Å². The molecule has 0 spiro atoms. The third-order valence-electron chi connectivity index (χ3n) is 5.30. The van der Waals surface area contributed by atoms with E-state index in [2.05, 4.69) is 31.3 Å². The summed E-state index contributed by atoms with van der Waals surface area (Å²) in [7, 11) is 2.68. The number of hydrogen-bond donors (Lipinski definition) is 2. The fourth-order valence-corrected chi connectivity index (χ4v) is 3.64. The number of hydrogen-bond acceptors (Lipinski definition) is 6. The average Bonchev–Trinajstić information content (AvgIpc) is 3.32. The second-order valence-electron chi connectivity index (χ2n) is 8.02. The number of unbranched alkanes of at least 4 members (excludes halogenated alkanes) is 1. The largest absolute Gasteiger partial charge is 0.487 e. The minimum atomic E-state index is 0.200. The topological polar surface area (TPSA) is 84.8 Å². The Hall–Kier alpha value is -3.08. The van der Waals surface area contributed by atoms with Crippen LogP contribution in [-0.4, -0.2) is 34.7 Å². The quantitative estimate of drug-likeness (QED) is 0.264. The van der Waals surface area contributed by atoms with Crippen LogP contribution in [0.1, 0.15) is 42.0 Å². The Balaban J connectivity index is 1.39. The second kappa shape index (κ2) is 14.2. The zero-order chi connectivity index (χ0) is 24.0. The number of oxazole rings is 1. The van der Waals surface area contributed by atoms with Crippen LogP contribution >= 0.6 is 9.24 Å². The molecule has 34 heavy (non-hydrogen) atoms. The Morgan fingerprint density at radius 2 is 1.76 bits per heavy atom. The van der Waals surface area contributed by atoms with Crippen molar-refractivity contribution in [2.24, 2.45) is 5.73 Å². The molecule has 0 bridgehead atoms. The molecular weight excluding hydrogens is 445 g/mol. The molecule has 0 radical (unpaired) electrons. The Morgan fingerprint density at radius 1 is 1.00 bits per heavy atom. The van der Waals surface area contributed by atoms with Gasteiger partial charge in [0.25, 0.3) is 0 Å². The van der Waals surface area contributed by atoms with Crippen LogP contribution in [0, 0.1) is 0 Å². The van der Waals surface area contributed by atoms with Gasteiger partial charge < -0.3 is 24.9 Å². The molecule has 3 rings (SSSR count). The smallest absolute Gasteiger partial charge is 0.218 e. The lowest BCUT2D eigenvalue weighted by atomic mass is 10.1. The number of aromatic nitrogens is 1. The molecule has 0 aliphatic heterocycles. The Labute approximate surface area is 204 Å². The van der Waals surface area contributed by atoms with Crippen LogP contribution in [0.4, 0.5) is 0 Å². The van der Waals surface area contributed by atoms with E-state index >= 15 is 0 Å². The zero-order valence-corrected chi connectivity index (χ0v) is 20.6. The molecule has 6 nitrogen and oxygen atoms in total. The first kappa shape index (κ1) is 25.5. The first-order chi connectivity index (χ1) is 16.7. The van der Waals surface area contributed by atoms with Crippen LogP contribution in [0.5, 0.6) is 5.75 Å². The standard InChI is InChI=1S/C27H34N3O3P/c28-15-18-30(17-3-19-31)16-2-1-4-22-5-10-25(11-6-22)32-20-24-21-33-27(29-24)14-9-23-7-12-26(34)13-8-23/h5-15,18,21,31H,1-4,16-17,19-20,28,34H2/b14-9+,18-15-. The van der Waals surface area contributed by atoms with Gasteiger partial charge in [-0.25, -0.2) is 4.98 Å². The number of rotatable bonds is 14. The van der Waals surface area contributed by atoms with Crippen LogP contribution in [0.15, 0.2) is 71.6 Å². The van der Waals surface area contributed by atoms with E-state index in [-0.39, 0.29) is 6.61 Å². The van der Waals surface area contributed by atoms with Crippen LogP contribution < -0.4 is 15.8 Å². The number of ether oxygens (including phenoxy) is 1. The summed E-state index contributed by atoms with van der Waals surface area (Å²) in [5, 5.41) is 10.1. The van der Waals surface area contributed by atoms with Crippen molar-refractivity contribution >= 4 is 26.7 Å². The summed E-state index contributed by atoms with van der Waals surface area (Å²) < 4.78 is 11.4. The van der Waals surface area contributed by atoms with E-state index < -0.39 is 0 Å². The maximum Gasteiger partial charge on any atom is 0.218 e. The van der Waals surface area contributed by atoms with Crippen molar-refractivity contribution in [3.63, 3.8) is 0 Å². The summed E-state index contributed by atoms with van der Waals surface area (Å²) >= 11 is 0. The normalized spacial score (nSPS) is 11.5. The van der Waals surface area contributed by atoms with E-state index in [0.29, 0.717) is 12.5 Å². The SMILES string of the molecule is N/C=C\N(CCCO)CCCCc1ccc(OCc2coc(/C=C/c3ccc(P)cc3)n2)cc1. The van der Waals surface area contributed by atoms with Gasteiger partial charge >= 0.3 is 0 Å². The van der Waals surface area contributed by atoms with Crippen molar-refractivity contribution in [1.82, 2.24) is 9.88 Å². The minimum Gasteiger partial charge on any atom is -0.487 e. The van der Waals surface area contributed by atoms with E-state index in [4.69, 9.17) is 20.0 Å². The molecule has 0 fully saturated rings. The fourth-order valence-electron chi connectivity index (χ4n) is 3.45. The molecule has 0 saturated carbocycles. The molecule has 0 aliphatic carbocycles. The minimum absolute atomic E-state index is 0.200. The molecule has 180 valence electrons. The number of aliphatic hydroxyl groups is 1. The summed E-state index contributed by atoms with van der Waals surface area (Å²) in [6, 6.07) is 16.4. The van der Waals surface area contributed by atoms with E-state index in [0.717, 1.165) is 61.1 Å². The van der Waals surface area contributed by atoms with Gasteiger partial charge in [-0.15, -0.1) is 9.24 Å². The van der Waals surface area contributed by atoms with Crippen LogP contribution in [0.25, 0.3) is 12.2 Å². The number of benzene rings is 2. The first-order valence-corrected chi connectivity index (χ1v) is 12.2. The molecule has 1 atom stereocenters. The van der Waals surface area contributed by atoms with Gasteiger partial charge in [0.15, 0.2) is 0 Å². The van der Waals surface area contributed by atoms with Crippen molar-refractivity contribution in [3.8, 4) is 5.75 Å². The molecule has 0 saturated heterocycles. The van der Waals surface area contributed by atoms with Gasteiger partial charge in [-0.1, -0.05) is 36.4 Å². The van der Waals surface area contributed by atoms with Crippen molar-refractivity contribution in [3.05, 3.63) is 89.9 Å². The van der Waals surface area contributed by atoms with Crippen molar-refractivity contribution < 1.29 is 14.3 Å². The highest BCUT2D eigenvalue weighted by Crippen LogP contribution is 2.16. The monoisotopic (exact) mass is 479 g/mol. The molecule has 0 amide bonds. The summed E-state index contributed by atoms with van der Waals surface area (Å²) in [6.45, 7) is 2.32. The molecule has 2 aromatic carbocycles. The van der Waals surface area contributed by atoms with E-state index in [1.165, 1.54) is 5.56 Å². The van der Waals surface area contributed by atoms with E-state index in [1.807, 2.05) is 54.8 Å². The Bertz CT molecular complexity index is 1030. The van der Waals surface area contributed by atoms with Gasteiger partial charge in [0.05, 0.1) is 0 Å². The molecule has 1 heterocycles. The van der Waals surface area contributed by atoms with Crippen LogP contribution in [0.3, 0.4) is 0 Å². The number of nitrogens with zero attached hydrogens (tertiary/aromatic N) is 2. The molecule has 0 aliphatic rings. The number of aliphatic hydroxyl groups excluding tert-OH is 1. The van der Waals surface area contributed by atoms with Crippen molar-refractivity contribution in [1.29, 1.82) is 0 Å². The van der Waals surface area contributed by atoms with Crippen molar-refractivity contribution in [2.75, 3.05) is 19.7 Å². The lowest BCUT2D eigenvalue weighted by molar-refractivity contribution is 0.257. The molecule has 1 aromatic heterocycles. The van der Waals surface area contributed by atoms with Gasteiger partial charge in [0.2, 0.25) is 5.89 Å². The molecule has 3 aromatic rings. The molecule has 1 unspecified atom stereocenters. The zero-order valence-electron chi connectivity index (χ0n) is 19.5. The van der Waals surface area contributed by atoms with Gasteiger partial charge in [0.1, 0.15) is 24.3 Å². The summed E-state index contributed by atoms with van der Waals surface area (Å²) in [4.78, 5) is 6.61. The fraction of sp³-hybridized carbons (Fsp3) is 0.296. The Morgan fingerprint density at radius 3 is 2.50 bits per heavy atom. The summed E-state index contributed by atoms with van der Waals surface area (Å²) in [6.07, 6.45) is 12.8. The maximum atomic E-state index is 8.99.